The van der Waals surface area contributed by atoms with E-state index in [2.05, 4.69) is 4.98 Å². The van der Waals surface area contributed by atoms with Gasteiger partial charge in [-0.05, 0) is 36.4 Å². The van der Waals surface area contributed by atoms with Crippen LogP contribution in [0.1, 0.15) is 0 Å². The molecule has 0 radical (unpaired) electrons. The molecule has 11 nitrogen and oxygen atoms in total. The normalized spacial score (nSPS) is 11.3. The topological polar surface area (TPSA) is 162 Å². The van der Waals surface area contributed by atoms with E-state index < -0.39 is 45.4 Å². The number of nitrogens with zero attached hydrogens (tertiary/aromatic N) is 3. The van der Waals surface area contributed by atoms with Gasteiger partial charge in [-0.3, -0.25) is 4.98 Å². The second kappa shape index (κ2) is 11.8. The van der Waals surface area contributed by atoms with Gasteiger partial charge in [-0.25, -0.2) is 9.59 Å². The number of aromatic hydroxyl groups is 4. The SMILES string of the molecule is O=c1oc2ccccc2c(O)c1-c1c(O)c(-[n+]2ccc(-c3ccccn3)cc2)c(-c2c(O)c3ccccc3oc2=O)c(O)c1-[n+]1ccccc1. The molecule has 3 aromatic carbocycles. The fourth-order valence-corrected chi connectivity index (χ4v) is 6.21. The van der Waals surface area contributed by atoms with Crippen LogP contribution in [-0.4, -0.2) is 25.4 Å². The van der Waals surface area contributed by atoms with E-state index >= 15 is 0 Å². The molecule has 8 aromatic rings. The number of phenols is 2. The molecule has 11 heteroatoms. The summed E-state index contributed by atoms with van der Waals surface area (Å²) >= 11 is 0. The van der Waals surface area contributed by atoms with Gasteiger partial charge in [-0.15, -0.1) is 0 Å². The molecule has 0 aliphatic carbocycles. The Hall–Kier alpha value is -7.27. The molecule has 0 aliphatic heterocycles. The van der Waals surface area contributed by atoms with Gasteiger partial charge in [0.05, 0.1) is 16.5 Å². The minimum atomic E-state index is -1.01. The minimum absolute atomic E-state index is 0.101. The number of pyridine rings is 3. The van der Waals surface area contributed by atoms with Crippen LogP contribution in [0.2, 0.25) is 0 Å². The van der Waals surface area contributed by atoms with Crippen molar-refractivity contribution in [2.24, 2.45) is 0 Å². The minimum Gasteiger partial charge on any atom is -0.506 e. The summed E-state index contributed by atoms with van der Waals surface area (Å²) in [5, 5.41) is 48.4. The molecule has 5 heterocycles. The molecule has 242 valence electrons. The van der Waals surface area contributed by atoms with Crippen LogP contribution >= 0.6 is 0 Å². The summed E-state index contributed by atoms with van der Waals surface area (Å²) in [6.07, 6.45) is 7.85. The summed E-state index contributed by atoms with van der Waals surface area (Å²) in [6, 6.07) is 26.5. The number of benzene rings is 3. The van der Waals surface area contributed by atoms with Gasteiger partial charge >= 0.3 is 11.3 Å². The van der Waals surface area contributed by atoms with Crippen molar-refractivity contribution in [1.82, 2.24) is 4.98 Å². The first-order valence-electron chi connectivity index (χ1n) is 15.4. The van der Waals surface area contributed by atoms with Crippen molar-refractivity contribution in [3.8, 4) is 67.9 Å². The van der Waals surface area contributed by atoms with Crippen molar-refractivity contribution < 1.29 is 38.4 Å². The van der Waals surface area contributed by atoms with Crippen molar-refractivity contribution in [1.29, 1.82) is 0 Å². The molecule has 0 spiro atoms. The molecule has 4 N–H and O–H groups in total. The average molecular weight is 664 g/mol. The Morgan fingerprint density at radius 2 is 0.960 bits per heavy atom. The largest absolute Gasteiger partial charge is 0.506 e. The second-order valence-electron chi connectivity index (χ2n) is 11.4. The van der Waals surface area contributed by atoms with Gasteiger partial charge in [-0.1, -0.05) is 36.4 Å². The van der Waals surface area contributed by atoms with Gasteiger partial charge in [0, 0.05) is 36.0 Å². The summed E-state index contributed by atoms with van der Waals surface area (Å²) in [5.74, 6) is -2.28. The highest BCUT2D eigenvalue weighted by Gasteiger charge is 2.40. The van der Waals surface area contributed by atoms with Crippen molar-refractivity contribution in [3.63, 3.8) is 0 Å². The summed E-state index contributed by atoms with van der Waals surface area (Å²) in [7, 11) is 0. The Bertz CT molecular complexity index is 2730. The zero-order valence-electron chi connectivity index (χ0n) is 25.9. The van der Waals surface area contributed by atoms with Crippen LogP contribution < -0.4 is 20.4 Å². The van der Waals surface area contributed by atoms with E-state index in [0.29, 0.717) is 11.3 Å². The van der Waals surface area contributed by atoms with Crippen molar-refractivity contribution >= 4 is 21.9 Å². The third-order valence-electron chi connectivity index (χ3n) is 8.49. The molecule has 50 heavy (non-hydrogen) atoms. The maximum atomic E-state index is 13.7. The van der Waals surface area contributed by atoms with E-state index in [1.165, 1.54) is 21.3 Å². The fourth-order valence-electron chi connectivity index (χ4n) is 6.21. The molecular weight excluding hydrogens is 638 g/mol. The molecule has 0 fully saturated rings. The van der Waals surface area contributed by atoms with Crippen LogP contribution in [0.4, 0.5) is 0 Å². The molecule has 8 rings (SSSR count). The fraction of sp³-hybridized carbons (Fsp3) is 0. The van der Waals surface area contributed by atoms with E-state index in [9.17, 15) is 30.0 Å². The lowest BCUT2D eigenvalue weighted by atomic mass is 9.92. The molecule has 0 aliphatic rings. The van der Waals surface area contributed by atoms with Gasteiger partial charge in [0.15, 0.2) is 24.8 Å². The summed E-state index contributed by atoms with van der Waals surface area (Å²) in [6.45, 7) is 0. The van der Waals surface area contributed by atoms with Gasteiger partial charge in [0.2, 0.25) is 11.5 Å². The maximum Gasteiger partial charge on any atom is 0.348 e. The van der Waals surface area contributed by atoms with E-state index in [1.54, 1.807) is 104 Å². The third-order valence-corrected chi connectivity index (χ3v) is 8.49. The maximum absolute atomic E-state index is 13.7. The van der Waals surface area contributed by atoms with Crippen LogP contribution in [0.5, 0.6) is 23.0 Å². The lowest BCUT2D eigenvalue weighted by Crippen LogP contribution is -2.34. The monoisotopic (exact) mass is 663 g/mol. The molecule has 0 amide bonds. The molecule has 0 saturated heterocycles. The van der Waals surface area contributed by atoms with Gasteiger partial charge in [-0.2, -0.15) is 9.13 Å². The van der Waals surface area contributed by atoms with Crippen molar-refractivity contribution in [2.45, 2.75) is 0 Å². The smallest absolute Gasteiger partial charge is 0.348 e. The number of rotatable bonds is 5. The molecule has 0 atom stereocenters. The highest BCUT2D eigenvalue weighted by Crippen LogP contribution is 2.51. The second-order valence-corrected chi connectivity index (χ2v) is 11.4. The molecule has 5 aromatic heterocycles. The number of hydrogen-bond donors (Lipinski definition) is 4. The van der Waals surface area contributed by atoms with Crippen LogP contribution in [0, 0.1) is 0 Å². The van der Waals surface area contributed by atoms with Crippen LogP contribution in [-0.2, 0) is 0 Å². The summed E-state index contributed by atoms with van der Waals surface area (Å²) in [5.41, 5.74) is -2.36. The average Bonchev–Trinajstić information content (AvgIpc) is 3.14. The van der Waals surface area contributed by atoms with Crippen molar-refractivity contribution in [2.75, 3.05) is 0 Å². The van der Waals surface area contributed by atoms with Crippen LogP contribution in [0.25, 0.3) is 66.8 Å². The predicted molar refractivity (Wildman–Crippen MR) is 182 cm³/mol. The van der Waals surface area contributed by atoms with Crippen LogP contribution in [0.3, 0.4) is 0 Å². The Morgan fingerprint density at radius 3 is 1.46 bits per heavy atom. The molecule has 0 bridgehead atoms. The quantitative estimate of drug-likeness (QED) is 0.103. The molecule has 0 saturated carbocycles. The van der Waals surface area contributed by atoms with Gasteiger partial charge < -0.3 is 29.3 Å². The Labute approximate surface area is 281 Å². The first-order valence-corrected chi connectivity index (χ1v) is 15.4. The number of para-hydroxylation sites is 2. The first kappa shape index (κ1) is 30.1. The highest BCUT2D eigenvalue weighted by molar-refractivity contribution is 6.00. The Balaban J connectivity index is 1.55. The number of aromatic nitrogens is 3. The number of hydrogen-bond acceptors (Lipinski definition) is 9. The summed E-state index contributed by atoms with van der Waals surface area (Å²) < 4.78 is 14.0. The lowest BCUT2D eigenvalue weighted by Gasteiger charge is -2.16. The van der Waals surface area contributed by atoms with E-state index in [0.717, 1.165) is 0 Å². The van der Waals surface area contributed by atoms with E-state index in [-0.39, 0.29) is 44.4 Å². The number of fused-ring (bicyclic) bond motifs is 2. The standard InChI is InChI=1S/C39H23N3O8/c43-34-23-10-2-4-13-26(23)49-38(47)30(34)28-32(41-18-8-1-9-19-41)36(45)29(31-35(44)24-11-3-5-14-27(24)50-39(31)48)33(37(28)46)42-20-15-22(16-21-42)25-12-6-7-17-40-25/h1-21,40H,(H-,43,44,45,46,47,48)/p+2. The van der Waals surface area contributed by atoms with E-state index in [4.69, 9.17) is 8.83 Å². The lowest BCUT2D eigenvalue weighted by molar-refractivity contribution is -0.599. The Morgan fingerprint density at radius 1 is 0.480 bits per heavy atom. The first-order chi connectivity index (χ1) is 24.3. The van der Waals surface area contributed by atoms with Crippen LogP contribution in [0.15, 0.2) is 146 Å². The van der Waals surface area contributed by atoms with Gasteiger partial charge in [0.25, 0.3) is 11.4 Å². The Kier molecular flexibility index (Phi) is 7.08. The van der Waals surface area contributed by atoms with Gasteiger partial charge in [0.1, 0.15) is 44.9 Å². The van der Waals surface area contributed by atoms with E-state index in [1.807, 2.05) is 12.1 Å². The zero-order valence-corrected chi connectivity index (χ0v) is 25.9. The number of phenolic OH excluding ortho intramolecular Hbond substituents is 2. The zero-order chi connectivity index (χ0) is 34.5. The molecular formula is C39H25N3O8+2. The molecule has 0 unspecified atom stereocenters. The third kappa shape index (κ3) is 4.72. The van der Waals surface area contributed by atoms with Crippen molar-refractivity contribution in [3.05, 3.63) is 149 Å². The highest BCUT2D eigenvalue weighted by atomic mass is 16.4. The summed E-state index contributed by atoms with van der Waals surface area (Å²) in [4.78, 5) is 31.8. The predicted octanol–water partition coefficient (Wildman–Crippen LogP) is 5.67.